The van der Waals surface area contributed by atoms with Crippen molar-refractivity contribution >= 4 is 97.5 Å². The Morgan fingerprint density at radius 2 is 0.667 bits per heavy atom. The van der Waals surface area contributed by atoms with Gasteiger partial charge >= 0.3 is 0 Å². The molecule has 0 atom stereocenters. The lowest BCUT2D eigenvalue weighted by molar-refractivity contribution is 1.43. The molecule has 2 nitrogen and oxygen atoms in total. The van der Waals surface area contributed by atoms with Crippen LogP contribution >= 0.6 is 0 Å². The van der Waals surface area contributed by atoms with Crippen LogP contribution in [0.2, 0.25) is 0 Å². The van der Waals surface area contributed by atoms with Crippen molar-refractivity contribution in [3.63, 3.8) is 0 Å². The van der Waals surface area contributed by atoms with Gasteiger partial charge in [0.25, 0.3) is 0 Å². The van der Waals surface area contributed by atoms with Crippen molar-refractivity contribution in [1.82, 2.24) is 9.97 Å². The van der Waals surface area contributed by atoms with Gasteiger partial charge in [0.15, 0.2) is 0 Å². The van der Waals surface area contributed by atoms with Gasteiger partial charge in [-0.15, -0.1) is 0 Å². The summed E-state index contributed by atoms with van der Waals surface area (Å²) in [5.74, 6) is 0. The Morgan fingerprint density at radius 3 is 1.14 bits per heavy atom. The molecule has 0 unspecified atom stereocenters. The fraction of sp³-hybridized carbons (Fsp3) is 0. The largest absolute Gasteiger partial charge is 0.244 e. The fourth-order valence-electron chi connectivity index (χ4n) is 7.23. The summed E-state index contributed by atoms with van der Waals surface area (Å²) < 4.78 is 0. The van der Waals surface area contributed by atoms with Gasteiger partial charge < -0.3 is 0 Å². The molecule has 192 valence electrons. The molecular formula is C40H22N2. The first-order valence-electron chi connectivity index (χ1n) is 14.4. The van der Waals surface area contributed by atoms with Crippen molar-refractivity contribution in [1.29, 1.82) is 0 Å². The summed E-state index contributed by atoms with van der Waals surface area (Å²) in [6, 6.07) is 48.3. The molecule has 0 aliphatic carbocycles. The van der Waals surface area contributed by atoms with Crippen LogP contribution in [-0.2, 0) is 0 Å². The minimum absolute atomic E-state index is 0.922. The average molecular weight is 531 g/mol. The minimum Gasteiger partial charge on any atom is -0.244 e. The highest BCUT2D eigenvalue weighted by molar-refractivity contribution is 6.40. The topological polar surface area (TPSA) is 25.8 Å². The molecule has 10 aromatic rings. The zero-order valence-corrected chi connectivity index (χ0v) is 22.6. The predicted octanol–water partition coefficient (Wildman–Crippen LogP) is 10.9. The zero-order valence-electron chi connectivity index (χ0n) is 22.6. The molecule has 0 amide bonds. The second-order valence-electron chi connectivity index (χ2n) is 11.4. The monoisotopic (exact) mass is 530 g/mol. The molecule has 0 aliphatic rings. The summed E-state index contributed by atoms with van der Waals surface area (Å²) in [6.07, 6.45) is 0. The molecule has 0 radical (unpaired) electrons. The van der Waals surface area contributed by atoms with Gasteiger partial charge in [0, 0.05) is 21.5 Å². The van der Waals surface area contributed by atoms with Crippen LogP contribution < -0.4 is 0 Å². The van der Waals surface area contributed by atoms with Crippen LogP contribution in [0.1, 0.15) is 0 Å². The van der Waals surface area contributed by atoms with Crippen LogP contribution in [0.4, 0.5) is 0 Å². The predicted molar refractivity (Wildman–Crippen MR) is 180 cm³/mol. The van der Waals surface area contributed by atoms with Crippen LogP contribution in [0, 0.1) is 0 Å². The van der Waals surface area contributed by atoms with Gasteiger partial charge in [-0.3, -0.25) is 0 Å². The van der Waals surface area contributed by atoms with Crippen molar-refractivity contribution in [3.8, 4) is 0 Å². The summed E-state index contributed by atoms with van der Waals surface area (Å²) in [5.41, 5.74) is 3.75. The summed E-state index contributed by atoms with van der Waals surface area (Å²) in [7, 11) is 0. The Bertz CT molecular complexity index is 2600. The molecule has 0 aliphatic heterocycles. The average Bonchev–Trinajstić information content (AvgIpc) is 3.05. The lowest BCUT2D eigenvalue weighted by Gasteiger charge is -2.17. The second-order valence-corrected chi connectivity index (χ2v) is 11.4. The summed E-state index contributed by atoms with van der Waals surface area (Å²) in [6.45, 7) is 0. The number of hydrogen-bond acceptors (Lipinski definition) is 2. The van der Waals surface area contributed by atoms with E-state index in [1.165, 1.54) is 64.6 Å². The zero-order chi connectivity index (χ0) is 27.4. The van der Waals surface area contributed by atoms with Gasteiger partial charge in [-0.05, 0) is 66.0 Å². The van der Waals surface area contributed by atoms with Gasteiger partial charge in [0.1, 0.15) is 0 Å². The van der Waals surface area contributed by atoms with Gasteiger partial charge in [-0.1, -0.05) is 121 Å². The molecule has 0 bridgehead atoms. The van der Waals surface area contributed by atoms with Crippen LogP contribution in [0.3, 0.4) is 0 Å². The van der Waals surface area contributed by atoms with Gasteiger partial charge in [-0.2, -0.15) is 0 Å². The van der Waals surface area contributed by atoms with Crippen molar-refractivity contribution in [2.45, 2.75) is 0 Å². The maximum Gasteiger partial charge on any atom is 0.0979 e. The highest BCUT2D eigenvalue weighted by Crippen LogP contribution is 2.45. The summed E-state index contributed by atoms with van der Waals surface area (Å²) >= 11 is 0. The number of nitrogens with zero attached hydrogens (tertiary/aromatic N) is 2. The third-order valence-electron chi connectivity index (χ3n) is 9.11. The first kappa shape index (κ1) is 22.1. The Kier molecular flexibility index (Phi) is 4.21. The van der Waals surface area contributed by atoms with E-state index in [-0.39, 0.29) is 0 Å². The first-order chi connectivity index (χ1) is 20.8. The number of rotatable bonds is 0. The molecule has 9 aromatic carbocycles. The molecule has 10 rings (SSSR count). The number of aromatic nitrogens is 2. The second kappa shape index (κ2) is 7.99. The van der Waals surface area contributed by atoms with Crippen molar-refractivity contribution in [2.24, 2.45) is 0 Å². The van der Waals surface area contributed by atoms with E-state index in [0.29, 0.717) is 0 Å². The normalized spacial score (nSPS) is 12.3. The van der Waals surface area contributed by atoms with Crippen LogP contribution in [-0.4, -0.2) is 9.97 Å². The van der Waals surface area contributed by atoms with E-state index in [9.17, 15) is 0 Å². The van der Waals surface area contributed by atoms with E-state index in [1.54, 1.807) is 0 Å². The molecular weight excluding hydrogens is 508 g/mol. The third-order valence-corrected chi connectivity index (χ3v) is 9.11. The van der Waals surface area contributed by atoms with E-state index in [4.69, 9.17) is 9.97 Å². The molecule has 0 saturated heterocycles. The minimum atomic E-state index is 0.922. The van der Waals surface area contributed by atoms with Gasteiger partial charge in [0.05, 0.1) is 22.1 Å². The first-order valence-corrected chi connectivity index (χ1v) is 14.4. The highest BCUT2D eigenvalue weighted by Gasteiger charge is 2.19. The Labute approximate surface area is 240 Å². The van der Waals surface area contributed by atoms with E-state index >= 15 is 0 Å². The van der Waals surface area contributed by atoms with Crippen molar-refractivity contribution in [2.75, 3.05) is 0 Å². The van der Waals surface area contributed by atoms with Crippen LogP contribution in [0.25, 0.3) is 97.5 Å². The maximum absolute atomic E-state index is 5.37. The molecule has 0 N–H and O–H groups in total. The molecule has 1 heterocycles. The number of fused-ring (bicyclic) bond motifs is 16. The smallest absolute Gasteiger partial charge is 0.0979 e. The number of benzene rings is 9. The van der Waals surface area contributed by atoms with Crippen molar-refractivity contribution in [3.05, 3.63) is 133 Å². The lowest BCUT2D eigenvalue weighted by Crippen LogP contribution is -1.94. The molecule has 42 heavy (non-hydrogen) atoms. The summed E-state index contributed by atoms with van der Waals surface area (Å²) in [5, 5.41) is 17.2. The third kappa shape index (κ3) is 2.88. The fourth-order valence-corrected chi connectivity index (χ4v) is 7.23. The van der Waals surface area contributed by atoms with Gasteiger partial charge in [0.2, 0.25) is 0 Å². The molecule has 0 fully saturated rings. The highest BCUT2D eigenvalue weighted by atomic mass is 14.8. The Morgan fingerprint density at radius 1 is 0.286 bits per heavy atom. The number of hydrogen-bond donors (Lipinski definition) is 0. The maximum atomic E-state index is 5.37. The van der Waals surface area contributed by atoms with Crippen LogP contribution in [0.5, 0.6) is 0 Å². The van der Waals surface area contributed by atoms with Crippen LogP contribution in [0.15, 0.2) is 133 Å². The van der Waals surface area contributed by atoms with Crippen molar-refractivity contribution < 1.29 is 0 Å². The quantitative estimate of drug-likeness (QED) is 0.144. The molecule has 0 saturated carbocycles. The van der Waals surface area contributed by atoms with E-state index in [1.807, 2.05) is 0 Å². The van der Waals surface area contributed by atoms with Gasteiger partial charge in [-0.25, -0.2) is 9.97 Å². The Balaban J connectivity index is 1.56. The standard InChI is InChI=1S/C40H22N2/c1-2-10-28-22-34-33(21-27(28)9-1)41-39-31-19-17-25-15-13-23-7-3-5-11-29(23)35(25)37(31)38-32(40(39)42-34)20-18-26-16-14-24-8-4-6-12-30(24)36(26)38/h1-22H. The lowest BCUT2D eigenvalue weighted by atomic mass is 9.88. The van der Waals surface area contributed by atoms with E-state index in [0.717, 1.165) is 32.8 Å². The summed E-state index contributed by atoms with van der Waals surface area (Å²) in [4.78, 5) is 10.7. The Hall–Kier alpha value is -5.60. The van der Waals surface area contributed by atoms with E-state index < -0.39 is 0 Å². The molecule has 1 aromatic heterocycles. The SMILES string of the molecule is c1ccc2cc3nc4c5ccc6ccc7ccccc7c6c5c5c(ccc6ccc7ccccc7c65)c4nc3cc2c1. The van der Waals surface area contributed by atoms with E-state index in [2.05, 4.69) is 133 Å². The molecule has 2 heteroatoms. The molecule has 0 spiro atoms.